The number of aromatic nitrogens is 1. The summed E-state index contributed by atoms with van der Waals surface area (Å²) in [6.07, 6.45) is 4.02. The monoisotopic (exact) mass is 643 g/mol. The van der Waals surface area contributed by atoms with Crippen molar-refractivity contribution in [2.75, 3.05) is 19.6 Å². The van der Waals surface area contributed by atoms with Crippen LogP contribution in [0.25, 0.3) is 10.8 Å². The summed E-state index contributed by atoms with van der Waals surface area (Å²) in [6.45, 7) is 6.18. The van der Waals surface area contributed by atoms with Gasteiger partial charge in [0, 0.05) is 24.7 Å². The first-order valence-corrected chi connectivity index (χ1v) is 17.1. The van der Waals surface area contributed by atoms with Crippen molar-refractivity contribution in [3.63, 3.8) is 0 Å². The Balaban J connectivity index is 1.41. The highest BCUT2D eigenvalue weighted by atomic mass is 32.2. The minimum atomic E-state index is -4.22. The van der Waals surface area contributed by atoms with Gasteiger partial charge < -0.3 is 14.7 Å². The van der Waals surface area contributed by atoms with E-state index < -0.39 is 27.4 Å². The molecule has 1 aliphatic rings. The molecule has 3 aromatic carbocycles. The molecule has 9 nitrogen and oxygen atoms in total. The Kier molecular flexibility index (Phi) is 10.1. The molecule has 2 N–H and O–H groups in total. The molecule has 0 spiro atoms. The lowest BCUT2D eigenvalue weighted by Gasteiger charge is -2.35. The van der Waals surface area contributed by atoms with E-state index >= 15 is 0 Å². The van der Waals surface area contributed by atoms with Crippen molar-refractivity contribution in [2.24, 2.45) is 5.92 Å². The van der Waals surface area contributed by atoms with Gasteiger partial charge in [-0.3, -0.25) is 14.9 Å². The summed E-state index contributed by atoms with van der Waals surface area (Å²) >= 11 is 0. The number of likely N-dealkylation sites (tertiary alicyclic amines) is 1. The first-order valence-electron chi connectivity index (χ1n) is 15.6. The Hall–Kier alpha value is -4.28. The number of sulfone groups is 1. The maximum Gasteiger partial charge on any atom is 0.320 e. The van der Waals surface area contributed by atoms with Gasteiger partial charge in [-0.15, -0.1) is 0 Å². The second-order valence-electron chi connectivity index (χ2n) is 12.8. The van der Waals surface area contributed by atoms with Crippen LogP contribution in [-0.4, -0.2) is 66.6 Å². The van der Waals surface area contributed by atoms with Crippen molar-refractivity contribution >= 4 is 32.5 Å². The number of rotatable bonds is 10. The summed E-state index contributed by atoms with van der Waals surface area (Å²) in [5, 5.41) is 14.5. The van der Waals surface area contributed by atoms with E-state index in [9.17, 15) is 23.1 Å². The van der Waals surface area contributed by atoms with E-state index in [-0.39, 0.29) is 34.5 Å². The fourth-order valence-electron chi connectivity index (χ4n) is 5.95. The lowest BCUT2D eigenvalue weighted by molar-refractivity contribution is -0.153. The van der Waals surface area contributed by atoms with Crippen LogP contribution in [0.4, 0.5) is 0 Å². The van der Waals surface area contributed by atoms with Gasteiger partial charge in [0.15, 0.2) is 5.03 Å². The maximum absolute atomic E-state index is 14.1. The van der Waals surface area contributed by atoms with Gasteiger partial charge in [-0.2, -0.15) is 0 Å². The molecule has 1 aliphatic heterocycles. The van der Waals surface area contributed by atoms with Crippen LogP contribution in [0.3, 0.4) is 0 Å². The Bertz CT molecular complexity index is 1790. The molecule has 0 radical (unpaired) electrons. The van der Waals surface area contributed by atoms with Crippen LogP contribution < -0.4 is 5.32 Å². The molecule has 10 heteroatoms. The maximum atomic E-state index is 14.1. The third kappa shape index (κ3) is 8.10. The molecule has 5 rings (SSSR count). The predicted octanol–water partition coefficient (Wildman–Crippen LogP) is 5.10. The highest BCUT2D eigenvalue weighted by molar-refractivity contribution is 7.91. The molecule has 4 aromatic rings. The van der Waals surface area contributed by atoms with Crippen LogP contribution in [0.5, 0.6) is 5.75 Å². The van der Waals surface area contributed by atoms with Crippen molar-refractivity contribution in [1.29, 1.82) is 0 Å². The zero-order chi connectivity index (χ0) is 32.9. The van der Waals surface area contributed by atoms with Crippen molar-refractivity contribution in [1.82, 2.24) is 15.2 Å². The minimum Gasteiger partial charge on any atom is -0.508 e. The van der Waals surface area contributed by atoms with Gasteiger partial charge in [0.25, 0.3) is 0 Å². The highest BCUT2D eigenvalue weighted by Gasteiger charge is 2.32. The number of hydrogen-bond acceptors (Lipinski definition) is 8. The number of hydrogen-bond donors (Lipinski definition) is 2. The van der Waals surface area contributed by atoms with Gasteiger partial charge in [0.1, 0.15) is 11.4 Å². The van der Waals surface area contributed by atoms with E-state index in [1.165, 1.54) is 30.0 Å². The van der Waals surface area contributed by atoms with E-state index in [4.69, 9.17) is 4.74 Å². The quantitative estimate of drug-likeness (QED) is 0.229. The van der Waals surface area contributed by atoms with E-state index in [2.05, 4.69) is 22.4 Å². The van der Waals surface area contributed by atoms with Crippen LogP contribution in [0.1, 0.15) is 44.7 Å². The number of carbonyl (C=O) groups excluding carboxylic acids is 2. The topological polar surface area (TPSA) is 126 Å². The Labute approximate surface area is 270 Å². The first-order chi connectivity index (χ1) is 21.9. The van der Waals surface area contributed by atoms with Crippen molar-refractivity contribution in [3.05, 3.63) is 96.2 Å². The Morgan fingerprint density at radius 1 is 1.00 bits per heavy atom. The number of phenols is 1. The smallest absolute Gasteiger partial charge is 0.320 e. The molecule has 1 aromatic heterocycles. The average molecular weight is 644 g/mol. The van der Waals surface area contributed by atoms with Crippen molar-refractivity contribution < 1.29 is 27.9 Å². The molecule has 0 aliphatic carbocycles. The molecule has 1 unspecified atom stereocenters. The summed E-state index contributed by atoms with van der Waals surface area (Å²) in [5.41, 5.74) is 0.884. The zero-order valence-electron chi connectivity index (χ0n) is 26.5. The summed E-state index contributed by atoms with van der Waals surface area (Å²) in [4.78, 5) is 32.6. The first kappa shape index (κ1) is 33.1. The predicted molar refractivity (Wildman–Crippen MR) is 176 cm³/mol. The number of fused-ring (bicyclic) bond motifs is 1. The normalized spacial score (nSPS) is 15.1. The van der Waals surface area contributed by atoms with Crippen molar-refractivity contribution in [2.45, 2.75) is 68.0 Å². The number of nitrogens with zero attached hydrogens (tertiary/aromatic N) is 2. The lowest BCUT2D eigenvalue weighted by Crippen LogP contribution is -2.51. The lowest BCUT2D eigenvalue weighted by atomic mass is 9.90. The van der Waals surface area contributed by atoms with Crippen LogP contribution in [-0.2, 0) is 37.0 Å². The summed E-state index contributed by atoms with van der Waals surface area (Å²) in [6, 6.07) is 22.3. The number of benzene rings is 3. The number of esters is 1. The molecule has 1 atom stereocenters. The summed E-state index contributed by atoms with van der Waals surface area (Å²) in [5.74, 6) is -0.527. The number of amides is 1. The summed E-state index contributed by atoms with van der Waals surface area (Å²) < 4.78 is 33.7. The molecule has 242 valence electrons. The van der Waals surface area contributed by atoms with Gasteiger partial charge >= 0.3 is 5.97 Å². The molecule has 0 saturated carbocycles. The fraction of sp³-hybridized carbons (Fsp3) is 0.361. The number of piperidine rings is 1. The molecular weight excluding hydrogens is 602 g/mol. The van der Waals surface area contributed by atoms with Gasteiger partial charge in [-0.1, -0.05) is 60.7 Å². The van der Waals surface area contributed by atoms with E-state index in [1.807, 2.05) is 24.3 Å². The average Bonchev–Trinajstić information content (AvgIpc) is 3.03. The van der Waals surface area contributed by atoms with Gasteiger partial charge in [0.05, 0.1) is 17.5 Å². The third-order valence-corrected chi connectivity index (χ3v) is 9.95. The minimum absolute atomic E-state index is 0.0365. The van der Waals surface area contributed by atoms with Gasteiger partial charge in [0.2, 0.25) is 15.7 Å². The molecular formula is C36H41N3O6S. The molecule has 1 amide bonds. The van der Waals surface area contributed by atoms with Gasteiger partial charge in [-0.25, -0.2) is 13.4 Å². The van der Waals surface area contributed by atoms with Crippen LogP contribution in [0.2, 0.25) is 0 Å². The van der Waals surface area contributed by atoms with Gasteiger partial charge in [-0.05, 0) is 87.1 Å². The molecule has 1 saturated heterocycles. The van der Waals surface area contributed by atoms with Crippen LogP contribution >= 0.6 is 0 Å². The number of carbonyl (C=O) groups is 2. The Morgan fingerprint density at radius 3 is 2.41 bits per heavy atom. The number of nitrogens with one attached hydrogen (secondary N) is 1. The van der Waals surface area contributed by atoms with E-state index in [0.29, 0.717) is 35.3 Å². The summed E-state index contributed by atoms with van der Waals surface area (Å²) in [7, 11) is -4.22. The molecule has 1 fully saturated rings. The Morgan fingerprint density at radius 2 is 1.70 bits per heavy atom. The fourth-order valence-corrected chi connectivity index (χ4v) is 7.60. The van der Waals surface area contributed by atoms with E-state index in [0.717, 1.165) is 19.3 Å². The standard InChI is InChI=1S/C36H41N3O6S/c1-36(2,3)45-33(41)24-38-31(35(42)39-19-16-26(17-20-39)21-25-9-5-4-6-10-25)22-28-13-14-29(40)23-32(28)46(43,44)34-30-12-8-7-11-27(30)15-18-37-34/h4-15,18,23,26,31,38,40H,16-17,19-22,24H2,1-3H3. The number of ether oxygens (including phenoxy) is 1. The second-order valence-corrected chi connectivity index (χ2v) is 14.6. The van der Waals surface area contributed by atoms with Crippen molar-refractivity contribution in [3.8, 4) is 5.75 Å². The number of aromatic hydroxyl groups is 1. The van der Waals surface area contributed by atoms with Crippen LogP contribution in [0, 0.1) is 5.92 Å². The van der Waals surface area contributed by atoms with E-state index in [1.54, 1.807) is 49.9 Å². The molecule has 2 heterocycles. The number of pyridine rings is 1. The SMILES string of the molecule is CC(C)(C)OC(=O)CNC(Cc1ccc(O)cc1S(=O)(=O)c1nccc2ccccc12)C(=O)N1CCC(Cc2ccccc2)CC1. The third-order valence-electron chi connectivity index (χ3n) is 8.16. The zero-order valence-corrected chi connectivity index (χ0v) is 27.3. The number of phenolic OH excluding ortho intramolecular Hbond substituents is 1. The molecule has 0 bridgehead atoms. The van der Waals surface area contributed by atoms with Crippen LogP contribution in [0.15, 0.2) is 95.0 Å². The molecule has 46 heavy (non-hydrogen) atoms. The second kappa shape index (κ2) is 14.0. The highest BCUT2D eigenvalue weighted by Crippen LogP contribution is 2.32. The largest absolute Gasteiger partial charge is 0.508 e.